The van der Waals surface area contributed by atoms with Crippen LogP contribution in [0.2, 0.25) is 0 Å². The number of imidazole rings is 1. The molecule has 0 radical (unpaired) electrons. The molecule has 114 valence electrons. The molecular formula is C15H12N6OS. The summed E-state index contributed by atoms with van der Waals surface area (Å²) in [7, 11) is 1.57. The van der Waals surface area contributed by atoms with Crippen LogP contribution < -0.4 is 10.5 Å². The van der Waals surface area contributed by atoms with Gasteiger partial charge in [0.15, 0.2) is 22.8 Å². The molecule has 0 saturated heterocycles. The van der Waals surface area contributed by atoms with Crippen LogP contribution in [0.15, 0.2) is 41.5 Å². The van der Waals surface area contributed by atoms with Crippen LogP contribution in [0, 0.1) is 0 Å². The van der Waals surface area contributed by atoms with E-state index in [4.69, 9.17) is 10.5 Å². The number of nitrogens with two attached hydrogens (primary N) is 1. The van der Waals surface area contributed by atoms with Gasteiger partial charge < -0.3 is 10.5 Å². The second-order valence-electron chi connectivity index (χ2n) is 4.79. The number of nitrogens with zero attached hydrogens (tertiary/aromatic N) is 5. The summed E-state index contributed by atoms with van der Waals surface area (Å²) in [5.74, 6) is 1.38. The van der Waals surface area contributed by atoms with Crippen LogP contribution in [0.4, 0.5) is 5.82 Å². The van der Waals surface area contributed by atoms with Crippen molar-refractivity contribution in [1.82, 2.24) is 24.5 Å². The SMILES string of the molecule is COc1ccc(-c2nc(N)c3ncn(-c4ccsc4)c3n2)cn1. The number of hydrogen-bond donors (Lipinski definition) is 1. The minimum atomic E-state index is 0.342. The van der Waals surface area contributed by atoms with E-state index in [0.717, 1.165) is 11.3 Å². The molecule has 0 aromatic carbocycles. The van der Waals surface area contributed by atoms with Gasteiger partial charge in [-0.25, -0.2) is 19.9 Å². The van der Waals surface area contributed by atoms with E-state index < -0.39 is 0 Å². The minimum Gasteiger partial charge on any atom is -0.481 e. The van der Waals surface area contributed by atoms with Gasteiger partial charge in [0, 0.05) is 23.2 Å². The predicted octanol–water partition coefficient (Wildman–Crippen LogP) is 2.53. The zero-order valence-corrected chi connectivity index (χ0v) is 13.0. The number of rotatable bonds is 3. The first kappa shape index (κ1) is 13.6. The Balaban J connectivity index is 1.89. The van der Waals surface area contributed by atoms with Crippen LogP contribution in [0.5, 0.6) is 5.88 Å². The van der Waals surface area contributed by atoms with Crippen LogP contribution in [0.3, 0.4) is 0 Å². The number of anilines is 1. The molecule has 4 aromatic heterocycles. The zero-order chi connectivity index (χ0) is 15.8. The van der Waals surface area contributed by atoms with Gasteiger partial charge >= 0.3 is 0 Å². The van der Waals surface area contributed by atoms with Gasteiger partial charge in [-0.1, -0.05) is 0 Å². The van der Waals surface area contributed by atoms with Crippen LogP contribution >= 0.6 is 11.3 Å². The topological polar surface area (TPSA) is 91.7 Å². The number of thiophene rings is 1. The molecule has 0 bridgehead atoms. The molecular weight excluding hydrogens is 312 g/mol. The maximum absolute atomic E-state index is 6.05. The largest absolute Gasteiger partial charge is 0.481 e. The van der Waals surface area contributed by atoms with Crippen molar-refractivity contribution < 1.29 is 4.74 Å². The molecule has 4 aromatic rings. The van der Waals surface area contributed by atoms with E-state index in [-0.39, 0.29) is 0 Å². The number of fused-ring (bicyclic) bond motifs is 1. The molecule has 0 aliphatic carbocycles. The fourth-order valence-corrected chi connectivity index (χ4v) is 2.90. The first-order valence-electron chi connectivity index (χ1n) is 6.80. The lowest BCUT2D eigenvalue weighted by atomic mass is 10.2. The molecule has 0 fully saturated rings. The molecule has 0 saturated carbocycles. The summed E-state index contributed by atoms with van der Waals surface area (Å²) in [5.41, 5.74) is 9.06. The first-order chi connectivity index (χ1) is 11.3. The predicted molar refractivity (Wildman–Crippen MR) is 88.7 cm³/mol. The highest BCUT2D eigenvalue weighted by Crippen LogP contribution is 2.25. The minimum absolute atomic E-state index is 0.342. The summed E-state index contributed by atoms with van der Waals surface area (Å²) in [6, 6.07) is 5.60. The Labute approximate surface area is 135 Å². The van der Waals surface area contributed by atoms with Crippen molar-refractivity contribution in [3.05, 3.63) is 41.5 Å². The molecule has 0 aliphatic rings. The van der Waals surface area contributed by atoms with E-state index in [1.807, 2.05) is 27.5 Å². The van der Waals surface area contributed by atoms with Crippen LogP contribution in [-0.2, 0) is 0 Å². The standard InChI is InChI=1S/C15H12N6OS/c1-22-11-3-2-9(6-17-11)14-19-13(16)12-15(20-14)21(8-18-12)10-4-5-23-7-10/h2-8H,1H3,(H2,16,19,20). The first-order valence-corrected chi connectivity index (χ1v) is 7.74. The fourth-order valence-electron chi connectivity index (χ4n) is 2.27. The zero-order valence-electron chi connectivity index (χ0n) is 12.2. The lowest BCUT2D eigenvalue weighted by molar-refractivity contribution is 0.398. The highest BCUT2D eigenvalue weighted by atomic mass is 32.1. The van der Waals surface area contributed by atoms with Crippen molar-refractivity contribution in [2.75, 3.05) is 12.8 Å². The van der Waals surface area contributed by atoms with E-state index in [1.165, 1.54) is 0 Å². The summed E-state index contributed by atoms with van der Waals surface area (Å²) in [5, 5.41) is 4.02. The number of methoxy groups -OCH3 is 1. The van der Waals surface area contributed by atoms with Crippen molar-refractivity contribution in [3.8, 4) is 23.0 Å². The molecule has 0 unspecified atom stereocenters. The Morgan fingerprint density at radius 1 is 1.17 bits per heavy atom. The van der Waals surface area contributed by atoms with E-state index in [1.54, 1.807) is 37.0 Å². The van der Waals surface area contributed by atoms with Crippen molar-refractivity contribution in [2.24, 2.45) is 0 Å². The van der Waals surface area contributed by atoms with Crippen molar-refractivity contribution in [2.45, 2.75) is 0 Å². The average molecular weight is 324 g/mol. The average Bonchev–Trinajstić information content (AvgIpc) is 3.24. The highest BCUT2D eigenvalue weighted by Gasteiger charge is 2.14. The Hall–Kier alpha value is -3.00. The molecule has 7 nitrogen and oxygen atoms in total. The second-order valence-corrected chi connectivity index (χ2v) is 5.57. The summed E-state index contributed by atoms with van der Waals surface area (Å²) in [6.45, 7) is 0. The molecule has 4 rings (SSSR count). The Kier molecular flexibility index (Phi) is 3.16. The van der Waals surface area contributed by atoms with E-state index in [9.17, 15) is 0 Å². The van der Waals surface area contributed by atoms with E-state index >= 15 is 0 Å². The second kappa shape index (κ2) is 5.33. The normalized spacial score (nSPS) is 11.0. The molecule has 0 amide bonds. The van der Waals surface area contributed by atoms with Gasteiger partial charge in [0.2, 0.25) is 5.88 Å². The molecule has 0 atom stereocenters. The van der Waals surface area contributed by atoms with Crippen LogP contribution in [0.1, 0.15) is 0 Å². The highest BCUT2D eigenvalue weighted by molar-refractivity contribution is 7.08. The number of ether oxygens (including phenoxy) is 1. The molecule has 0 spiro atoms. The van der Waals surface area contributed by atoms with Gasteiger partial charge in [-0.2, -0.15) is 11.3 Å². The van der Waals surface area contributed by atoms with Gasteiger partial charge in [0.25, 0.3) is 0 Å². The molecule has 4 heterocycles. The smallest absolute Gasteiger partial charge is 0.212 e. The monoisotopic (exact) mass is 324 g/mol. The molecule has 2 N–H and O–H groups in total. The molecule has 0 aliphatic heterocycles. The number of pyridine rings is 1. The maximum Gasteiger partial charge on any atom is 0.212 e. The third-order valence-corrected chi connectivity index (χ3v) is 4.08. The van der Waals surface area contributed by atoms with Crippen LogP contribution in [0.25, 0.3) is 28.2 Å². The molecule has 23 heavy (non-hydrogen) atoms. The Morgan fingerprint density at radius 3 is 2.78 bits per heavy atom. The number of nitrogen functional groups attached to an aromatic ring is 1. The summed E-state index contributed by atoms with van der Waals surface area (Å²) < 4.78 is 6.96. The summed E-state index contributed by atoms with van der Waals surface area (Å²) in [4.78, 5) is 17.4. The van der Waals surface area contributed by atoms with Crippen molar-refractivity contribution in [1.29, 1.82) is 0 Å². The van der Waals surface area contributed by atoms with Crippen molar-refractivity contribution >= 4 is 28.3 Å². The number of hydrogen-bond acceptors (Lipinski definition) is 7. The third-order valence-electron chi connectivity index (χ3n) is 3.41. The maximum atomic E-state index is 6.05. The lowest BCUT2D eigenvalue weighted by Crippen LogP contribution is -2.00. The van der Waals surface area contributed by atoms with Gasteiger partial charge in [0.05, 0.1) is 12.8 Å². The quantitative estimate of drug-likeness (QED) is 0.622. The van der Waals surface area contributed by atoms with Gasteiger partial charge in [-0.15, -0.1) is 0 Å². The van der Waals surface area contributed by atoms with Crippen LogP contribution in [-0.4, -0.2) is 31.6 Å². The molecule has 8 heteroatoms. The van der Waals surface area contributed by atoms with Crippen molar-refractivity contribution in [3.63, 3.8) is 0 Å². The van der Waals surface area contributed by atoms with Gasteiger partial charge in [-0.3, -0.25) is 4.57 Å². The Bertz CT molecular complexity index is 962. The fraction of sp³-hybridized carbons (Fsp3) is 0.0667. The van der Waals surface area contributed by atoms with E-state index in [0.29, 0.717) is 28.7 Å². The van der Waals surface area contributed by atoms with Gasteiger partial charge in [-0.05, 0) is 17.5 Å². The Morgan fingerprint density at radius 2 is 2.09 bits per heavy atom. The summed E-state index contributed by atoms with van der Waals surface area (Å²) in [6.07, 6.45) is 3.36. The van der Waals surface area contributed by atoms with Gasteiger partial charge in [0.1, 0.15) is 6.33 Å². The van der Waals surface area contributed by atoms with E-state index in [2.05, 4.69) is 19.9 Å². The summed E-state index contributed by atoms with van der Waals surface area (Å²) >= 11 is 1.61. The third kappa shape index (κ3) is 2.29. The number of aromatic nitrogens is 5. The lowest BCUT2D eigenvalue weighted by Gasteiger charge is -2.05.